The van der Waals surface area contributed by atoms with Crippen LogP contribution in [0.3, 0.4) is 0 Å². The molecular formula is C14H12F3N5. The fourth-order valence-electron chi connectivity index (χ4n) is 2.28. The van der Waals surface area contributed by atoms with E-state index in [0.29, 0.717) is 17.0 Å². The lowest BCUT2D eigenvalue weighted by molar-refractivity contribution is -0.138. The maximum atomic E-state index is 12.9. The van der Waals surface area contributed by atoms with Crippen molar-refractivity contribution >= 4 is 17.0 Å². The molecule has 3 rings (SSSR count). The van der Waals surface area contributed by atoms with Crippen LogP contribution < -0.4 is 5.73 Å². The summed E-state index contributed by atoms with van der Waals surface area (Å²) in [6.07, 6.45) is -2.51. The van der Waals surface area contributed by atoms with E-state index in [9.17, 15) is 13.2 Å². The Hall–Kier alpha value is -2.64. The monoisotopic (exact) mass is 307 g/mol. The van der Waals surface area contributed by atoms with E-state index < -0.39 is 11.7 Å². The Balaban J connectivity index is 1.85. The van der Waals surface area contributed by atoms with Crippen LogP contribution in [0.25, 0.3) is 11.2 Å². The molecule has 0 saturated carbocycles. The first-order valence-corrected chi connectivity index (χ1v) is 6.55. The molecule has 0 unspecified atom stereocenters. The number of hydrogen-bond acceptors (Lipinski definition) is 4. The van der Waals surface area contributed by atoms with E-state index in [1.54, 1.807) is 6.07 Å². The molecule has 8 heteroatoms. The minimum atomic E-state index is -4.37. The Morgan fingerprint density at radius 2 is 1.86 bits per heavy atom. The first-order chi connectivity index (χ1) is 10.4. The number of halogens is 3. The molecule has 5 nitrogen and oxygen atoms in total. The Bertz CT molecular complexity index is 810. The maximum absolute atomic E-state index is 12.9. The molecule has 22 heavy (non-hydrogen) atoms. The van der Waals surface area contributed by atoms with E-state index in [1.807, 2.05) is 0 Å². The lowest BCUT2D eigenvalue weighted by Crippen LogP contribution is -2.10. The van der Waals surface area contributed by atoms with Crippen molar-refractivity contribution in [2.75, 3.05) is 5.73 Å². The van der Waals surface area contributed by atoms with Crippen LogP contribution in [0.5, 0.6) is 0 Å². The molecule has 0 aliphatic heterocycles. The van der Waals surface area contributed by atoms with Crippen LogP contribution in [-0.2, 0) is 19.0 Å². The lowest BCUT2D eigenvalue weighted by atomic mass is 10.0. The number of nitrogens with zero attached hydrogens (tertiary/aromatic N) is 3. The number of hydrogen-bond donors (Lipinski definition) is 2. The highest BCUT2D eigenvalue weighted by atomic mass is 19.4. The lowest BCUT2D eigenvalue weighted by Gasteiger charge is -2.12. The maximum Gasteiger partial charge on any atom is 0.416 e. The average Bonchev–Trinajstić information content (AvgIpc) is 2.93. The number of imidazole rings is 1. The van der Waals surface area contributed by atoms with Crippen molar-refractivity contribution in [3.05, 3.63) is 47.5 Å². The summed E-state index contributed by atoms with van der Waals surface area (Å²) in [6, 6.07) is 5.48. The largest absolute Gasteiger partial charge is 0.416 e. The number of aryl methyl sites for hydroxylation is 2. The van der Waals surface area contributed by atoms with Crippen LogP contribution in [0.1, 0.15) is 17.0 Å². The topological polar surface area (TPSA) is 80.5 Å². The van der Waals surface area contributed by atoms with E-state index in [1.165, 1.54) is 18.5 Å². The fourth-order valence-corrected chi connectivity index (χ4v) is 2.28. The molecule has 0 aliphatic carbocycles. The molecule has 0 fully saturated rings. The van der Waals surface area contributed by atoms with E-state index in [0.717, 1.165) is 6.07 Å². The normalized spacial score (nSPS) is 12.0. The number of nitrogens with one attached hydrogen (secondary N) is 1. The number of anilines is 1. The zero-order valence-corrected chi connectivity index (χ0v) is 11.4. The smallest absolute Gasteiger partial charge is 0.382 e. The summed E-state index contributed by atoms with van der Waals surface area (Å²) in [5.74, 6) is 0.607. The van der Waals surface area contributed by atoms with Gasteiger partial charge < -0.3 is 10.7 Å². The number of aromatic nitrogens is 4. The van der Waals surface area contributed by atoms with Crippen LogP contribution in [0.4, 0.5) is 19.0 Å². The van der Waals surface area contributed by atoms with Crippen molar-refractivity contribution in [1.29, 1.82) is 0 Å². The van der Waals surface area contributed by atoms with Crippen LogP contribution >= 0.6 is 0 Å². The first kappa shape index (κ1) is 14.3. The average molecular weight is 307 g/mol. The molecule has 0 spiro atoms. The van der Waals surface area contributed by atoms with Crippen molar-refractivity contribution in [1.82, 2.24) is 19.9 Å². The molecule has 0 saturated heterocycles. The van der Waals surface area contributed by atoms with Gasteiger partial charge >= 0.3 is 6.18 Å². The standard InChI is InChI=1S/C14H12F3N5/c15-14(16,17)9-4-2-1-3-8(9)5-6-10-21-12(18)11-13(22-10)20-7-19-11/h1-4,7H,5-6H2,(H3,18,19,20,21,22). The molecule has 0 atom stereocenters. The molecule has 0 amide bonds. The third-order valence-electron chi connectivity index (χ3n) is 3.30. The molecule has 1 aromatic carbocycles. The number of fused-ring (bicyclic) bond motifs is 1. The van der Waals surface area contributed by atoms with Gasteiger partial charge in [-0.2, -0.15) is 13.2 Å². The number of aromatic amines is 1. The van der Waals surface area contributed by atoms with Gasteiger partial charge in [-0.3, -0.25) is 0 Å². The highest BCUT2D eigenvalue weighted by Gasteiger charge is 2.32. The summed E-state index contributed by atoms with van der Waals surface area (Å²) in [5.41, 5.74) is 6.28. The predicted octanol–water partition coefficient (Wildman–Crippen LogP) is 2.74. The van der Waals surface area contributed by atoms with Crippen molar-refractivity contribution in [3.63, 3.8) is 0 Å². The molecule has 0 radical (unpaired) electrons. The summed E-state index contributed by atoms with van der Waals surface area (Å²) >= 11 is 0. The van der Waals surface area contributed by atoms with Gasteiger partial charge in [0.1, 0.15) is 11.3 Å². The first-order valence-electron chi connectivity index (χ1n) is 6.55. The third kappa shape index (κ3) is 2.72. The molecule has 0 bridgehead atoms. The summed E-state index contributed by atoms with van der Waals surface area (Å²) in [7, 11) is 0. The molecule has 3 aromatic rings. The molecule has 2 heterocycles. The molecule has 0 aliphatic rings. The zero-order chi connectivity index (χ0) is 15.7. The third-order valence-corrected chi connectivity index (χ3v) is 3.30. The summed E-state index contributed by atoms with van der Waals surface area (Å²) in [5, 5.41) is 0. The highest BCUT2D eigenvalue weighted by molar-refractivity contribution is 5.80. The predicted molar refractivity (Wildman–Crippen MR) is 74.9 cm³/mol. The highest BCUT2D eigenvalue weighted by Crippen LogP contribution is 2.32. The summed E-state index contributed by atoms with van der Waals surface area (Å²) in [4.78, 5) is 15.1. The van der Waals surface area contributed by atoms with Crippen LogP contribution in [0.15, 0.2) is 30.6 Å². The van der Waals surface area contributed by atoms with Gasteiger partial charge in [0, 0.05) is 6.42 Å². The van der Waals surface area contributed by atoms with Crippen molar-refractivity contribution in [2.45, 2.75) is 19.0 Å². The van der Waals surface area contributed by atoms with Gasteiger partial charge in [-0.15, -0.1) is 0 Å². The Labute approximate surface area is 123 Å². The minimum absolute atomic E-state index is 0.172. The van der Waals surface area contributed by atoms with Crippen LogP contribution in [-0.4, -0.2) is 19.9 Å². The molecule has 114 valence electrons. The van der Waals surface area contributed by atoms with Crippen LogP contribution in [0, 0.1) is 0 Å². The summed E-state index contributed by atoms with van der Waals surface area (Å²) in [6.45, 7) is 0. The van der Waals surface area contributed by atoms with Gasteiger partial charge in [-0.05, 0) is 18.1 Å². The van der Waals surface area contributed by atoms with Crippen LogP contribution in [0.2, 0.25) is 0 Å². The van der Waals surface area contributed by atoms with E-state index in [4.69, 9.17) is 5.73 Å². The van der Waals surface area contributed by atoms with Gasteiger partial charge in [0.05, 0.1) is 11.9 Å². The second-order valence-corrected chi connectivity index (χ2v) is 4.78. The number of benzene rings is 1. The van der Waals surface area contributed by atoms with Gasteiger partial charge in [-0.1, -0.05) is 18.2 Å². The summed E-state index contributed by atoms with van der Waals surface area (Å²) < 4.78 is 38.8. The second-order valence-electron chi connectivity index (χ2n) is 4.78. The number of nitrogen functional groups attached to an aromatic ring is 1. The van der Waals surface area contributed by atoms with Crippen molar-refractivity contribution < 1.29 is 13.2 Å². The number of nitrogens with two attached hydrogens (primary N) is 1. The number of H-pyrrole nitrogens is 1. The zero-order valence-electron chi connectivity index (χ0n) is 11.4. The number of rotatable bonds is 3. The molecule has 2 aromatic heterocycles. The van der Waals surface area contributed by atoms with E-state index >= 15 is 0 Å². The van der Waals surface area contributed by atoms with Crippen molar-refractivity contribution in [3.8, 4) is 0 Å². The van der Waals surface area contributed by atoms with Gasteiger partial charge in [0.25, 0.3) is 0 Å². The van der Waals surface area contributed by atoms with E-state index in [2.05, 4.69) is 19.9 Å². The fraction of sp³-hybridized carbons (Fsp3) is 0.214. The van der Waals surface area contributed by atoms with Gasteiger partial charge in [0.2, 0.25) is 0 Å². The van der Waals surface area contributed by atoms with Gasteiger partial charge in [-0.25, -0.2) is 15.0 Å². The minimum Gasteiger partial charge on any atom is -0.382 e. The number of alkyl halides is 3. The Morgan fingerprint density at radius 1 is 1.09 bits per heavy atom. The Morgan fingerprint density at radius 3 is 2.64 bits per heavy atom. The SMILES string of the molecule is Nc1nc(CCc2ccccc2C(F)(F)F)nc2nc[nH]c12. The molecular weight excluding hydrogens is 295 g/mol. The van der Waals surface area contributed by atoms with Gasteiger partial charge in [0.15, 0.2) is 11.5 Å². The second kappa shape index (κ2) is 5.28. The quantitative estimate of drug-likeness (QED) is 0.779. The Kier molecular flexibility index (Phi) is 3.44. The van der Waals surface area contributed by atoms with E-state index in [-0.39, 0.29) is 24.2 Å². The van der Waals surface area contributed by atoms with Crippen molar-refractivity contribution in [2.24, 2.45) is 0 Å². The molecule has 3 N–H and O–H groups in total.